The Bertz CT molecular complexity index is 481. The van der Waals surface area contributed by atoms with E-state index in [2.05, 4.69) is 11.8 Å². The summed E-state index contributed by atoms with van der Waals surface area (Å²) < 4.78 is 23.6. The van der Waals surface area contributed by atoms with E-state index in [9.17, 15) is 9.18 Å². The zero-order chi connectivity index (χ0) is 14.5. The third-order valence-electron chi connectivity index (χ3n) is 3.30. The lowest BCUT2D eigenvalue weighted by molar-refractivity contribution is -0.0578. The van der Waals surface area contributed by atoms with Gasteiger partial charge in [-0.15, -0.1) is 0 Å². The van der Waals surface area contributed by atoms with Crippen molar-refractivity contribution in [2.24, 2.45) is 0 Å². The predicted molar refractivity (Wildman–Crippen MR) is 72.9 cm³/mol. The summed E-state index contributed by atoms with van der Waals surface area (Å²) in [4.78, 5) is 14.1. The van der Waals surface area contributed by atoms with Crippen molar-refractivity contribution < 1.29 is 18.7 Å². The second kappa shape index (κ2) is 6.67. The Balaban J connectivity index is 1.88. The summed E-state index contributed by atoms with van der Waals surface area (Å²) in [5, 5.41) is 0. The lowest BCUT2D eigenvalue weighted by Gasteiger charge is -2.31. The van der Waals surface area contributed by atoms with Gasteiger partial charge < -0.3 is 15.2 Å². The average molecular weight is 282 g/mol. The van der Waals surface area contributed by atoms with Gasteiger partial charge in [0.1, 0.15) is 18.5 Å². The Kier molecular flexibility index (Phi) is 4.92. The molecule has 1 saturated heterocycles. The van der Waals surface area contributed by atoms with Crippen molar-refractivity contribution in [1.29, 1.82) is 0 Å². The molecule has 6 heteroatoms. The maximum absolute atomic E-state index is 12.9. The van der Waals surface area contributed by atoms with Crippen molar-refractivity contribution in [1.82, 2.24) is 4.90 Å². The van der Waals surface area contributed by atoms with E-state index in [1.54, 1.807) is 0 Å². The number of nitrogens with two attached hydrogens (primary N) is 1. The minimum absolute atomic E-state index is 0.0785. The molecular weight excluding hydrogens is 263 g/mol. The van der Waals surface area contributed by atoms with Gasteiger partial charge in [0.15, 0.2) is 0 Å². The molecule has 0 radical (unpaired) electrons. The molecule has 1 aromatic rings. The number of anilines is 1. The number of rotatable bonds is 4. The topological polar surface area (TPSA) is 64.8 Å². The van der Waals surface area contributed by atoms with Crippen LogP contribution in [0, 0.1) is 5.82 Å². The van der Waals surface area contributed by atoms with Crippen molar-refractivity contribution in [2.45, 2.75) is 13.0 Å². The van der Waals surface area contributed by atoms with E-state index in [0.29, 0.717) is 6.61 Å². The van der Waals surface area contributed by atoms with Crippen molar-refractivity contribution in [3.63, 3.8) is 0 Å². The zero-order valence-corrected chi connectivity index (χ0v) is 11.5. The number of nitrogen functional groups attached to an aromatic ring is 1. The van der Waals surface area contributed by atoms with Gasteiger partial charge in [-0.2, -0.15) is 0 Å². The highest BCUT2D eigenvalue weighted by Crippen LogP contribution is 2.15. The van der Waals surface area contributed by atoms with Gasteiger partial charge >= 0.3 is 5.97 Å². The Morgan fingerprint density at radius 3 is 3.10 bits per heavy atom. The van der Waals surface area contributed by atoms with E-state index in [-0.39, 0.29) is 24.0 Å². The number of ether oxygens (including phenoxy) is 2. The van der Waals surface area contributed by atoms with Crippen LogP contribution in [-0.2, 0) is 9.47 Å². The first kappa shape index (κ1) is 14.7. The third-order valence-corrected chi connectivity index (χ3v) is 3.30. The molecule has 1 aliphatic rings. The first-order chi connectivity index (χ1) is 9.60. The zero-order valence-electron chi connectivity index (χ0n) is 11.5. The van der Waals surface area contributed by atoms with Crippen LogP contribution in [0.15, 0.2) is 18.2 Å². The fraction of sp³-hybridized carbons (Fsp3) is 0.500. The van der Waals surface area contributed by atoms with E-state index in [1.807, 2.05) is 0 Å². The maximum atomic E-state index is 12.9. The minimum Gasteiger partial charge on any atom is -0.459 e. The summed E-state index contributed by atoms with van der Waals surface area (Å²) >= 11 is 0. The molecule has 1 aliphatic heterocycles. The fourth-order valence-electron chi connectivity index (χ4n) is 2.13. The molecule has 0 amide bonds. The van der Waals surface area contributed by atoms with Gasteiger partial charge in [0, 0.05) is 18.8 Å². The first-order valence-corrected chi connectivity index (χ1v) is 6.66. The molecule has 110 valence electrons. The SMILES string of the molecule is CCN1CCOC(COC(=O)c2ccc(F)cc2N)C1. The summed E-state index contributed by atoms with van der Waals surface area (Å²) in [5.74, 6) is -1.03. The van der Waals surface area contributed by atoms with Crippen molar-refractivity contribution in [3.05, 3.63) is 29.6 Å². The van der Waals surface area contributed by atoms with Crippen LogP contribution in [0.1, 0.15) is 17.3 Å². The molecule has 0 bridgehead atoms. The second-order valence-electron chi connectivity index (χ2n) is 4.72. The second-order valence-corrected chi connectivity index (χ2v) is 4.72. The number of esters is 1. The van der Waals surface area contributed by atoms with E-state index < -0.39 is 11.8 Å². The van der Waals surface area contributed by atoms with Crippen LogP contribution in [-0.4, -0.2) is 49.8 Å². The van der Waals surface area contributed by atoms with Gasteiger partial charge in [-0.3, -0.25) is 4.90 Å². The monoisotopic (exact) mass is 282 g/mol. The highest BCUT2D eigenvalue weighted by molar-refractivity contribution is 5.95. The van der Waals surface area contributed by atoms with Crippen LogP contribution in [0.3, 0.4) is 0 Å². The van der Waals surface area contributed by atoms with Gasteiger partial charge in [-0.05, 0) is 24.7 Å². The quantitative estimate of drug-likeness (QED) is 0.666. The van der Waals surface area contributed by atoms with E-state index in [4.69, 9.17) is 15.2 Å². The van der Waals surface area contributed by atoms with Gasteiger partial charge in [0.05, 0.1) is 12.2 Å². The van der Waals surface area contributed by atoms with Gasteiger partial charge in [0.25, 0.3) is 0 Å². The molecule has 1 unspecified atom stereocenters. The number of morpholine rings is 1. The average Bonchev–Trinajstić information content (AvgIpc) is 2.45. The lowest BCUT2D eigenvalue weighted by Crippen LogP contribution is -2.44. The largest absolute Gasteiger partial charge is 0.459 e. The molecule has 0 saturated carbocycles. The van der Waals surface area contributed by atoms with Gasteiger partial charge in [-0.1, -0.05) is 6.92 Å². The summed E-state index contributed by atoms with van der Waals surface area (Å²) in [6, 6.07) is 3.61. The summed E-state index contributed by atoms with van der Waals surface area (Å²) in [6.45, 7) is 5.46. The van der Waals surface area contributed by atoms with Crippen molar-refractivity contribution in [3.8, 4) is 0 Å². The van der Waals surface area contributed by atoms with Crippen molar-refractivity contribution >= 4 is 11.7 Å². The molecule has 0 aromatic heterocycles. The number of carbonyl (C=O) groups is 1. The van der Waals surface area contributed by atoms with E-state index >= 15 is 0 Å². The highest BCUT2D eigenvalue weighted by atomic mass is 19.1. The molecular formula is C14H19FN2O3. The molecule has 0 aliphatic carbocycles. The molecule has 2 N–H and O–H groups in total. The van der Waals surface area contributed by atoms with E-state index in [0.717, 1.165) is 25.7 Å². The molecule has 0 spiro atoms. The fourth-order valence-corrected chi connectivity index (χ4v) is 2.13. The van der Waals surface area contributed by atoms with Crippen LogP contribution in [0.2, 0.25) is 0 Å². The third kappa shape index (κ3) is 3.68. The van der Waals surface area contributed by atoms with Crippen LogP contribution in [0.5, 0.6) is 0 Å². The van der Waals surface area contributed by atoms with Crippen LogP contribution < -0.4 is 5.73 Å². The van der Waals surface area contributed by atoms with Crippen LogP contribution in [0.25, 0.3) is 0 Å². The summed E-state index contributed by atoms with van der Waals surface area (Å²) in [5.41, 5.74) is 5.85. The number of benzene rings is 1. The Labute approximate surface area is 117 Å². The predicted octanol–water partition coefficient (Wildman–Crippen LogP) is 1.29. The summed E-state index contributed by atoms with van der Waals surface area (Å²) in [7, 11) is 0. The molecule has 2 rings (SSSR count). The number of halogens is 1. The Morgan fingerprint density at radius 2 is 2.40 bits per heavy atom. The van der Waals surface area contributed by atoms with E-state index in [1.165, 1.54) is 12.1 Å². The van der Waals surface area contributed by atoms with Crippen LogP contribution >= 0.6 is 0 Å². The Hall–Kier alpha value is -1.66. The molecule has 1 fully saturated rings. The molecule has 1 aromatic carbocycles. The number of likely N-dealkylation sites (N-methyl/N-ethyl adjacent to an activating group) is 1. The number of hydrogen-bond acceptors (Lipinski definition) is 5. The standard InChI is InChI=1S/C14H19FN2O3/c1-2-17-5-6-19-11(8-17)9-20-14(18)12-4-3-10(15)7-13(12)16/h3-4,7,11H,2,5-6,8-9,16H2,1H3. The maximum Gasteiger partial charge on any atom is 0.340 e. The van der Waals surface area contributed by atoms with Gasteiger partial charge in [-0.25, -0.2) is 9.18 Å². The lowest BCUT2D eigenvalue weighted by atomic mass is 10.2. The molecule has 20 heavy (non-hydrogen) atoms. The summed E-state index contributed by atoms with van der Waals surface area (Å²) in [6.07, 6.45) is -0.130. The minimum atomic E-state index is -0.556. The molecule has 1 heterocycles. The van der Waals surface area contributed by atoms with Crippen LogP contribution in [0.4, 0.5) is 10.1 Å². The smallest absolute Gasteiger partial charge is 0.340 e. The normalized spacial score (nSPS) is 19.8. The number of nitrogens with zero attached hydrogens (tertiary/aromatic N) is 1. The molecule has 5 nitrogen and oxygen atoms in total. The van der Waals surface area contributed by atoms with Crippen molar-refractivity contribution in [2.75, 3.05) is 38.6 Å². The highest BCUT2D eigenvalue weighted by Gasteiger charge is 2.21. The number of hydrogen-bond donors (Lipinski definition) is 1. The first-order valence-electron chi connectivity index (χ1n) is 6.66. The number of carbonyl (C=O) groups excluding carboxylic acids is 1. The van der Waals surface area contributed by atoms with Gasteiger partial charge in [0.2, 0.25) is 0 Å². The Morgan fingerprint density at radius 1 is 1.60 bits per heavy atom. The molecule has 1 atom stereocenters.